The number of hydrogen-bond donors (Lipinski definition) is 1. The summed E-state index contributed by atoms with van der Waals surface area (Å²) in [4.78, 5) is 11.8. The Labute approximate surface area is 134 Å². The standard InChI is InChI=1S/C15H17N3O4S/c1-11-6-3-4-7-12(11)10-17(2)13-8-5-9-14(23(16,21)22)15(13)18(19)20/h3-9H,10H2,1-2H3,(H2,16,21,22). The summed E-state index contributed by atoms with van der Waals surface area (Å²) in [7, 11) is -2.52. The number of nitrogens with two attached hydrogens (primary N) is 1. The van der Waals surface area contributed by atoms with Gasteiger partial charge in [-0.15, -0.1) is 0 Å². The van der Waals surface area contributed by atoms with Gasteiger partial charge in [-0.25, -0.2) is 13.6 Å². The first kappa shape index (κ1) is 16.9. The molecule has 0 atom stereocenters. The van der Waals surface area contributed by atoms with E-state index in [9.17, 15) is 18.5 Å². The number of anilines is 1. The van der Waals surface area contributed by atoms with Gasteiger partial charge in [-0.3, -0.25) is 10.1 Å². The van der Waals surface area contributed by atoms with Crippen molar-refractivity contribution in [2.75, 3.05) is 11.9 Å². The maximum atomic E-state index is 11.6. The van der Waals surface area contributed by atoms with Gasteiger partial charge >= 0.3 is 5.69 Å². The van der Waals surface area contributed by atoms with E-state index in [1.807, 2.05) is 31.2 Å². The normalized spacial score (nSPS) is 11.3. The molecule has 0 saturated heterocycles. The van der Waals surface area contributed by atoms with Crippen molar-refractivity contribution in [2.45, 2.75) is 18.4 Å². The summed E-state index contributed by atoms with van der Waals surface area (Å²) >= 11 is 0. The van der Waals surface area contributed by atoms with Gasteiger partial charge in [-0.1, -0.05) is 30.3 Å². The summed E-state index contributed by atoms with van der Waals surface area (Å²) in [6.07, 6.45) is 0. The van der Waals surface area contributed by atoms with E-state index in [0.29, 0.717) is 6.54 Å². The summed E-state index contributed by atoms with van der Waals surface area (Å²) in [5, 5.41) is 16.5. The SMILES string of the molecule is Cc1ccccc1CN(C)c1cccc(S(N)(=O)=O)c1[N+](=O)[O-]. The molecule has 8 heteroatoms. The van der Waals surface area contributed by atoms with Crippen LogP contribution >= 0.6 is 0 Å². The van der Waals surface area contributed by atoms with E-state index in [4.69, 9.17) is 5.14 Å². The molecule has 0 saturated carbocycles. The second-order valence-electron chi connectivity index (χ2n) is 5.21. The van der Waals surface area contributed by atoms with Crippen molar-refractivity contribution in [2.24, 2.45) is 5.14 Å². The van der Waals surface area contributed by atoms with Crippen molar-refractivity contribution in [3.8, 4) is 0 Å². The van der Waals surface area contributed by atoms with Gasteiger partial charge in [0.15, 0.2) is 4.90 Å². The van der Waals surface area contributed by atoms with Crippen molar-refractivity contribution >= 4 is 21.4 Å². The topological polar surface area (TPSA) is 107 Å². The fourth-order valence-electron chi connectivity index (χ4n) is 2.36. The molecule has 0 radical (unpaired) electrons. The molecular weight excluding hydrogens is 318 g/mol. The molecule has 0 spiro atoms. The minimum atomic E-state index is -4.18. The third-order valence-electron chi connectivity index (χ3n) is 3.55. The molecule has 0 heterocycles. The summed E-state index contributed by atoms with van der Waals surface area (Å²) in [6.45, 7) is 2.35. The molecule has 2 aromatic carbocycles. The van der Waals surface area contributed by atoms with E-state index in [1.165, 1.54) is 12.1 Å². The first-order valence-corrected chi connectivity index (χ1v) is 8.32. The zero-order chi connectivity index (χ0) is 17.2. The first-order valence-electron chi connectivity index (χ1n) is 6.77. The van der Waals surface area contributed by atoms with Crippen molar-refractivity contribution in [1.29, 1.82) is 0 Å². The van der Waals surface area contributed by atoms with Crippen LogP contribution in [0.15, 0.2) is 47.4 Å². The van der Waals surface area contributed by atoms with Gasteiger partial charge in [0.05, 0.1) is 4.92 Å². The van der Waals surface area contributed by atoms with Gasteiger partial charge in [0.2, 0.25) is 10.0 Å². The van der Waals surface area contributed by atoms with Crippen LogP contribution in [0.25, 0.3) is 0 Å². The molecule has 122 valence electrons. The van der Waals surface area contributed by atoms with E-state index >= 15 is 0 Å². The molecule has 23 heavy (non-hydrogen) atoms. The molecule has 7 nitrogen and oxygen atoms in total. The van der Waals surface area contributed by atoms with Crippen molar-refractivity contribution in [3.63, 3.8) is 0 Å². The molecule has 0 aliphatic carbocycles. The molecule has 2 aromatic rings. The van der Waals surface area contributed by atoms with E-state index in [1.54, 1.807) is 11.9 Å². The molecule has 0 fully saturated rings. The molecule has 2 N–H and O–H groups in total. The highest BCUT2D eigenvalue weighted by molar-refractivity contribution is 7.89. The van der Waals surface area contributed by atoms with Crippen LogP contribution in [0.2, 0.25) is 0 Å². The van der Waals surface area contributed by atoms with Crippen molar-refractivity contribution in [1.82, 2.24) is 0 Å². The Balaban J connectivity index is 2.51. The Morgan fingerprint density at radius 1 is 1.17 bits per heavy atom. The van der Waals surface area contributed by atoms with E-state index < -0.39 is 25.5 Å². The second-order valence-corrected chi connectivity index (χ2v) is 6.74. The van der Waals surface area contributed by atoms with Crippen LogP contribution < -0.4 is 10.0 Å². The number of rotatable bonds is 5. The maximum absolute atomic E-state index is 11.6. The lowest BCUT2D eigenvalue weighted by atomic mass is 10.1. The van der Waals surface area contributed by atoms with Crippen LogP contribution in [-0.2, 0) is 16.6 Å². The molecule has 0 amide bonds. The van der Waals surface area contributed by atoms with E-state index in [2.05, 4.69) is 0 Å². The lowest BCUT2D eigenvalue weighted by molar-refractivity contribution is -0.387. The Kier molecular flexibility index (Phi) is 4.67. The van der Waals surface area contributed by atoms with Crippen LogP contribution in [0, 0.1) is 17.0 Å². The number of benzene rings is 2. The lowest BCUT2D eigenvalue weighted by Gasteiger charge is -2.21. The molecule has 2 rings (SSSR count). The Morgan fingerprint density at radius 3 is 2.39 bits per heavy atom. The van der Waals surface area contributed by atoms with Crippen molar-refractivity contribution < 1.29 is 13.3 Å². The van der Waals surface area contributed by atoms with E-state index in [0.717, 1.165) is 17.2 Å². The number of primary sulfonamides is 1. The van der Waals surface area contributed by atoms with Gasteiger partial charge in [-0.2, -0.15) is 0 Å². The number of para-hydroxylation sites is 1. The Bertz CT molecular complexity index is 850. The van der Waals surface area contributed by atoms with Crippen LogP contribution in [0.5, 0.6) is 0 Å². The highest BCUT2D eigenvalue weighted by atomic mass is 32.2. The zero-order valence-corrected chi connectivity index (χ0v) is 13.6. The van der Waals surface area contributed by atoms with Crippen molar-refractivity contribution in [3.05, 3.63) is 63.7 Å². The first-order chi connectivity index (χ1) is 10.7. The smallest absolute Gasteiger partial charge is 0.312 e. The van der Waals surface area contributed by atoms with Gasteiger partial charge in [0, 0.05) is 13.6 Å². The average Bonchev–Trinajstić information content (AvgIpc) is 2.47. The largest absolute Gasteiger partial charge is 0.365 e. The number of sulfonamides is 1. The molecule has 0 bridgehead atoms. The number of nitrogens with zero attached hydrogens (tertiary/aromatic N) is 2. The molecular formula is C15H17N3O4S. The fourth-order valence-corrected chi connectivity index (χ4v) is 3.08. The number of hydrogen-bond acceptors (Lipinski definition) is 5. The third-order valence-corrected chi connectivity index (χ3v) is 4.49. The highest BCUT2D eigenvalue weighted by Gasteiger charge is 2.28. The molecule has 0 aliphatic rings. The van der Waals surface area contributed by atoms with Crippen LogP contribution in [0.3, 0.4) is 0 Å². The Hall–Kier alpha value is -2.45. The molecule has 0 aromatic heterocycles. The van der Waals surface area contributed by atoms with Crippen LogP contribution in [0.4, 0.5) is 11.4 Å². The van der Waals surface area contributed by atoms with Crippen LogP contribution in [-0.4, -0.2) is 20.4 Å². The average molecular weight is 335 g/mol. The highest BCUT2D eigenvalue weighted by Crippen LogP contribution is 2.34. The summed E-state index contributed by atoms with van der Waals surface area (Å²) in [6, 6.07) is 11.7. The minimum Gasteiger partial charge on any atom is -0.365 e. The zero-order valence-electron chi connectivity index (χ0n) is 12.8. The minimum absolute atomic E-state index is 0.199. The van der Waals surface area contributed by atoms with E-state index in [-0.39, 0.29) is 5.69 Å². The molecule has 0 unspecified atom stereocenters. The Morgan fingerprint density at radius 2 is 1.83 bits per heavy atom. The van der Waals surface area contributed by atoms with Gasteiger partial charge in [0.1, 0.15) is 5.69 Å². The number of aryl methyl sites for hydroxylation is 1. The van der Waals surface area contributed by atoms with Gasteiger partial charge < -0.3 is 4.90 Å². The summed E-state index contributed by atoms with van der Waals surface area (Å²) in [5.41, 5.74) is 1.73. The monoisotopic (exact) mass is 335 g/mol. The second kappa shape index (κ2) is 6.35. The number of nitro groups is 1. The maximum Gasteiger partial charge on any atom is 0.312 e. The lowest BCUT2D eigenvalue weighted by Crippen LogP contribution is -2.21. The number of nitro benzene ring substituents is 1. The fraction of sp³-hybridized carbons (Fsp3) is 0.200. The van der Waals surface area contributed by atoms with Gasteiger partial charge in [-0.05, 0) is 30.2 Å². The predicted octanol–water partition coefficient (Wildman–Crippen LogP) is 2.19. The summed E-state index contributed by atoms with van der Waals surface area (Å²) < 4.78 is 23.2. The summed E-state index contributed by atoms with van der Waals surface area (Å²) in [5.74, 6) is 0. The predicted molar refractivity (Wildman–Crippen MR) is 87.8 cm³/mol. The van der Waals surface area contributed by atoms with Crippen LogP contribution in [0.1, 0.15) is 11.1 Å². The van der Waals surface area contributed by atoms with Gasteiger partial charge in [0.25, 0.3) is 0 Å². The quantitative estimate of drug-likeness (QED) is 0.666. The molecule has 0 aliphatic heterocycles. The third kappa shape index (κ3) is 3.66.